The molecule has 0 aliphatic rings. The van der Waals surface area contributed by atoms with Gasteiger partial charge in [0.15, 0.2) is 23.3 Å². The summed E-state index contributed by atoms with van der Waals surface area (Å²) in [6.45, 7) is 3.47. The molecule has 0 spiro atoms. The number of Topliss-reactive ketones (excluding diaryl/α,β-unsaturated/α-hetero) is 3. The lowest BCUT2D eigenvalue weighted by atomic mass is 10.1. The summed E-state index contributed by atoms with van der Waals surface area (Å²) in [5.74, 6) is 0.986. The maximum absolute atomic E-state index is 12.3. The molecule has 0 aliphatic heterocycles. The molecule has 3 heterocycles. The lowest BCUT2D eigenvalue weighted by molar-refractivity contribution is 0.0942. The highest BCUT2D eigenvalue weighted by atomic mass is 16.5. The van der Waals surface area contributed by atoms with Gasteiger partial charge in [0.2, 0.25) is 11.5 Å². The second-order valence-corrected chi connectivity index (χ2v) is 6.49. The molecule has 0 radical (unpaired) electrons. The third-order valence-electron chi connectivity index (χ3n) is 4.34. The fourth-order valence-corrected chi connectivity index (χ4v) is 2.77. The quantitative estimate of drug-likeness (QED) is 0.444. The van der Waals surface area contributed by atoms with Crippen LogP contribution in [-0.2, 0) is 12.8 Å². The highest BCUT2D eigenvalue weighted by Crippen LogP contribution is 2.15. The fourth-order valence-electron chi connectivity index (χ4n) is 2.77. The molecule has 3 aromatic rings. The van der Waals surface area contributed by atoms with Crippen LogP contribution in [0.15, 0.2) is 31.9 Å². The van der Waals surface area contributed by atoms with Crippen molar-refractivity contribution in [3.63, 3.8) is 0 Å². The molecule has 0 aliphatic carbocycles. The Labute approximate surface area is 166 Å². The van der Waals surface area contributed by atoms with Crippen molar-refractivity contribution in [2.24, 2.45) is 0 Å². The first-order valence-electron chi connectivity index (χ1n) is 9.39. The minimum Gasteiger partial charge on any atom is -0.448 e. The number of nitrogens with zero attached hydrogens (tertiary/aromatic N) is 3. The van der Waals surface area contributed by atoms with Gasteiger partial charge < -0.3 is 13.4 Å². The summed E-state index contributed by atoms with van der Waals surface area (Å²) < 4.78 is 15.6. The fraction of sp³-hybridized carbons (Fsp3) is 0.400. The Morgan fingerprint density at radius 1 is 1.00 bits per heavy atom. The predicted molar refractivity (Wildman–Crippen MR) is 98.8 cm³/mol. The zero-order valence-corrected chi connectivity index (χ0v) is 16.3. The average Bonchev–Trinajstić information content (AvgIpc) is 3.46. The molecule has 0 N–H and O–H groups in total. The number of ketones is 3. The summed E-state index contributed by atoms with van der Waals surface area (Å²) in [5.41, 5.74) is 0.576. The predicted octanol–water partition coefficient (Wildman–Crippen LogP) is 3.57. The number of oxazole rings is 2. The van der Waals surface area contributed by atoms with Crippen LogP contribution < -0.4 is 0 Å². The summed E-state index contributed by atoms with van der Waals surface area (Å²) >= 11 is 0. The largest absolute Gasteiger partial charge is 0.448 e. The van der Waals surface area contributed by atoms with E-state index in [9.17, 15) is 14.4 Å². The van der Waals surface area contributed by atoms with E-state index >= 15 is 0 Å². The van der Waals surface area contributed by atoms with E-state index in [1.54, 1.807) is 13.8 Å². The first kappa shape index (κ1) is 20.4. The van der Waals surface area contributed by atoms with Crippen LogP contribution in [0.4, 0.5) is 0 Å². The topological polar surface area (TPSA) is 129 Å². The van der Waals surface area contributed by atoms with Gasteiger partial charge in [-0.15, -0.1) is 0 Å². The molecule has 29 heavy (non-hydrogen) atoms. The molecule has 152 valence electrons. The van der Waals surface area contributed by atoms with Crippen LogP contribution in [0, 0.1) is 6.92 Å². The molecular formula is C20H21N3O6. The second kappa shape index (κ2) is 9.22. The Morgan fingerprint density at radius 2 is 1.83 bits per heavy atom. The third kappa shape index (κ3) is 5.13. The summed E-state index contributed by atoms with van der Waals surface area (Å²) in [5, 5.41) is 3.49. The zero-order valence-electron chi connectivity index (χ0n) is 16.3. The van der Waals surface area contributed by atoms with Gasteiger partial charge in [-0.1, -0.05) is 12.1 Å². The van der Waals surface area contributed by atoms with Crippen molar-refractivity contribution in [1.82, 2.24) is 15.1 Å². The maximum Gasteiger partial charge on any atom is 0.202 e. The number of hydrogen-bond acceptors (Lipinski definition) is 9. The molecule has 3 aromatic heterocycles. The van der Waals surface area contributed by atoms with Crippen LogP contribution in [0.5, 0.6) is 0 Å². The highest BCUT2D eigenvalue weighted by Gasteiger charge is 2.17. The number of aryl methyl sites for hydroxylation is 3. The molecule has 0 fully saturated rings. The number of hydrogen-bond donors (Lipinski definition) is 0. The molecule has 3 rings (SSSR count). The maximum atomic E-state index is 12.3. The minimum absolute atomic E-state index is 0.0644. The van der Waals surface area contributed by atoms with Crippen molar-refractivity contribution in [3.8, 4) is 0 Å². The number of carbonyl (C=O) groups excluding carboxylic acids is 3. The van der Waals surface area contributed by atoms with Crippen molar-refractivity contribution in [3.05, 3.63) is 53.2 Å². The van der Waals surface area contributed by atoms with Gasteiger partial charge >= 0.3 is 0 Å². The third-order valence-corrected chi connectivity index (χ3v) is 4.34. The highest BCUT2D eigenvalue weighted by molar-refractivity contribution is 5.95. The molecule has 0 saturated heterocycles. The number of carbonyl (C=O) groups is 3. The van der Waals surface area contributed by atoms with Gasteiger partial charge in [0.25, 0.3) is 0 Å². The molecule has 0 amide bonds. The molecular weight excluding hydrogens is 378 g/mol. The number of rotatable bonds is 11. The number of aromatic nitrogens is 3. The van der Waals surface area contributed by atoms with E-state index in [1.807, 2.05) is 0 Å². The Balaban J connectivity index is 1.46. The normalized spacial score (nSPS) is 11.0. The summed E-state index contributed by atoms with van der Waals surface area (Å²) in [6, 6.07) is 1.49. The summed E-state index contributed by atoms with van der Waals surface area (Å²) in [7, 11) is 0. The lowest BCUT2D eigenvalue weighted by Gasteiger charge is -1.96. The zero-order chi connectivity index (χ0) is 20.8. The van der Waals surface area contributed by atoms with E-state index in [0.29, 0.717) is 42.5 Å². The smallest absolute Gasteiger partial charge is 0.202 e. The van der Waals surface area contributed by atoms with Gasteiger partial charge in [0.1, 0.15) is 23.4 Å². The summed E-state index contributed by atoms with van der Waals surface area (Å²) in [6.07, 6.45) is 4.65. The monoisotopic (exact) mass is 399 g/mol. The standard InChI is InChI=1S/C20H21N3O6/c1-3-14(24)20-12(2)28-19(23-20)6-4-5-15(25)13-11-27-18(22-13)8-7-16(26)17-9-10-21-29-17/h9-11H,3-8H2,1-2H3. The van der Waals surface area contributed by atoms with Crippen molar-refractivity contribution in [2.45, 2.75) is 52.4 Å². The van der Waals surface area contributed by atoms with Gasteiger partial charge in [-0.05, 0) is 13.3 Å². The van der Waals surface area contributed by atoms with E-state index in [4.69, 9.17) is 13.4 Å². The van der Waals surface area contributed by atoms with Crippen molar-refractivity contribution in [1.29, 1.82) is 0 Å². The van der Waals surface area contributed by atoms with E-state index in [-0.39, 0.29) is 48.1 Å². The van der Waals surface area contributed by atoms with Crippen LogP contribution in [0.1, 0.15) is 81.7 Å². The summed E-state index contributed by atoms with van der Waals surface area (Å²) in [4.78, 5) is 44.3. The van der Waals surface area contributed by atoms with E-state index < -0.39 is 0 Å². The molecule has 0 unspecified atom stereocenters. The molecule has 0 saturated carbocycles. The first-order valence-corrected chi connectivity index (χ1v) is 9.39. The molecule has 0 aromatic carbocycles. The Morgan fingerprint density at radius 3 is 2.55 bits per heavy atom. The van der Waals surface area contributed by atoms with Gasteiger partial charge in [0.05, 0.1) is 6.20 Å². The van der Waals surface area contributed by atoms with Crippen molar-refractivity contribution >= 4 is 17.3 Å². The Kier molecular flexibility index (Phi) is 6.48. The first-order chi connectivity index (χ1) is 14.0. The lowest BCUT2D eigenvalue weighted by Crippen LogP contribution is -2.03. The molecule has 9 heteroatoms. The molecule has 0 atom stereocenters. The van der Waals surface area contributed by atoms with Crippen LogP contribution in [0.2, 0.25) is 0 Å². The van der Waals surface area contributed by atoms with Crippen LogP contribution in [0.3, 0.4) is 0 Å². The van der Waals surface area contributed by atoms with Gasteiger partial charge in [0, 0.05) is 38.2 Å². The van der Waals surface area contributed by atoms with Crippen molar-refractivity contribution < 1.29 is 27.7 Å². The molecule has 9 nitrogen and oxygen atoms in total. The molecule has 0 bridgehead atoms. The minimum atomic E-state index is -0.212. The Hall–Kier alpha value is -3.36. The van der Waals surface area contributed by atoms with Gasteiger partial charge in [-0.3, -0.25) is 14.4 Å². The van der Waals surface area contributed by atoms with Crippen LogP contribution in [-0.4, -0.2) is 32.5 Å². The van der Waals surface area contributed by atoms with E-state index in [1.165, 1.54) is 18.5 Å². The second-order valence-electron chi connectivity index (χ2n) is 6.49. The van der Waals surface area contributed by atoms with E-state index in [0.717, 1.165) is 0 Å². The van der Waals surface area contributed by atoms with Gasteiger partial charge in [-0.25, -0.2) is 9.97 Å². The Bertz CT molecular complexity index is 1000. The SMILES string of the molecule is CCC(=O)c1nc(CCCC(=O)c2coc(CCC(=O)c3ccno3)n2)oc1C. The average molecular weight is 399 g/mol. The van der Waals surface area contributed by atoms with E-state index in [2.05, 4.69) is 15.1 Å². The van der Waals surface area contributed by atoms with Crippen LogP contribution in [0.25, 0.3) is 0 Å². The van der Waals surface area contributed by atoms with Gasteiger partial charge in [-0.2, -0.15) is 0 Å². The van der Waals surface area contributed by atoms with Crippen molar-refractivity contribution in [2.75, 3.05) is 0 Å². The van der Waals surface area contributed by atoms with Crippen LogP contribution >= 0.6 is 0 Å².